The zero-order chi connectivity index (χ0) is 25.1. The van der Waals surface area contributed by atoms with Gasteiger partial charge in [0.2, 0.25) is 0 Å². The molecule has 0 spiro atoms. The quantitative estimate of drug-likeness (QED) is 0.355. The molecule has 3 heterocycles. The predicted octanol–water partition coefficient (Wildman–Crippen LogP) is 5.33. The lowest BCUT2D eigenvalue weighted by atomic mass is 9.98. The van der Waals surface area contributed by atoms with E-state index in [9.17, 15) is 5.11 Å². The van der Waals surface area contributed by atoms with Crippen LogP contribution in [0.2, 0.25) is 0 Å². The van der Waals surface area contributed by atoms with Crippen LogP contribution in [0.25, 0.3) is 11.0 Å². The van der Waals surface area contributed by atoms with Crippen molar-refractivity contribution in [3.05, 3.63) is 83.3 Å². The number of nitrogens with zero attached hydrogens (tertiary/aromatic N) is 4. The zero-order valence-corrected chi connectivity index (χ0v) is 21.6. The first-order chi connectivity index (χ1) is 17.5. The molecule has 6 heteroatoms. The molecule has 0 bridgehead atoms. The van der Waals surface area contributed by atoms with Crippen molar-refractivity contribution in [1.29, 1.82) is 0 Å². The molecule has 0 aliphatic carbocycles. The van der Waals surface area contributed by atoms with Gasteiger partial charge in [0.15, 0.2) is 5.82 Å². The molecule has 6 nitrogen and oxygen atoms in total. The van der Waals surface area contributed by atoms with Gasteiger partial charge in [-0.3, -0.25) is 0 Å². The lowest BCUT2D eigenvalue weighted by Gasteiger charge is -2.31. The maximum atomic E-state index is 9.78. The van der Waals surface area contributed by atoms with E-state index in [-0.39, 0.29) is 6.10 Å². The number of fused-ring (bicyclic) bond motifs is 1. The van der Waals surface area contributed by atoms with Crippen molar-refractivity contribution in [3.63, 3.8) is 0 Å². The normalized spacial score (nSPS) is 14.6. The van der Waals surface area contributed by atoms with E-state index in [1.165, 1.54) is 22.4 Å². The number of aromatic nitrogens is 3. The molecule has 0 saturated carbocycles. The molecule has 2 aromatic carbocycles. The van der Waals surface area contributed by atoms with Crippen molar-refractivity contribution < 1.29 is 5.11 Å². The van der Waals surface area contributed by atoms with Crippen LogP contribution in [0.1, 0.15) is 49.2 Å². The van der Waals surface area contributed by atoms with Crippen LogP contribution in [0.5, 0.6) is 0 Å². The highest BCUT2D eigenvalue weighted by Gasteiger charge is 2.17. The first-order valence-corrected chi connectivity index (χ1v) is 13.1. The number of anilines is 2. The summed E-state index contributed by atoms with van der Waals surface area (Å²) in [4.78, 5) is 12.2. The molecule has 0 radical (unpaired) electrons. The molecular weight excluding hydrogens is 446 g/mol. The Morgan fingerprint density at radius 1 is 0.972 bits per heavy atom. The van der Waals surface area contributed by atoms with Gasteiger partial charge in [0.25, 0.3) is 0 Å². The lowest BCUT2D eigenvalue weighted by molar-refractivity contribution is 0.145. The summed E-state index contributed by atoms with van der Waals surface area (Å²) < 4.78 is 2.09. The van der Waals surface area contributed by atoms with E-state index in [2.05, 4.69) is 83.2 Å². The van der Waals surface area contributed by atoms with Crippen LogP contribution in [0.3, 0.4) is 0 Å². The molecule has 1 fully saturated rings. The Morgan fingerprint density at radius 3 is 2.42 bits per heavy atom. The summed E-state index contributed by atoms with van der Waals surface area (Å²) in [5.74, 6) is 2.31. The van der Waals surface area contributed by atoms with Gasteiger partial charge in [-0.05, 0) is 60.1 Å². The molecule has 2 N–H and O–H groups in total. The minimum Gasteiger partial charge on any atom is -0.393 e. The van der Waals surface area contributed by atoms with Gasteiger partial charge < -0.3 is 19.9 Å². The van der Waals surface area contributed by atoms with Crippen LogP contribution < -0.4 is 10.2 Å². The third-order valence-electron chi connectivity index (χ3n) is 7.09. The summed E-state index contributed by atoms with van der Waals surface area (Å²) in [6.07, 6.45) is 5.32. The van der Waals surface area contributed by atoms with Gasteiger partial charge in [-0.1, -0.05) is 50.2 Å². The van der Waals surface area contributed by atoms with Crippen molar-refractivity contribution in [2.45, 2.75) is 52.2 Å². The first kappa shape index (κ1) is 24.3. The van der Waals surface area contributed by atoms with Gasteiger partial charge in [0, 0.05) is 45.0 Å². The number of rotatable bonds is 8. The summed E-state index contributed by atoms with van der Waals surface area (Å²) >= 11 is 0. The molecule has 0 amide bonds. The third kappa shape index (κ3) is 5.54. The van der Waals surface area contributed by atoms with E-state index in [1.54, 1.807) is 0 Å². The molecule has 1 aliphatic heterocycles. The second kappa shape index (κ2) is 10.7. The van der Waals surface area contributed by atoms with Gasteiger partial charge in [-0.25, -0.2) is 9.97 Å². The van der Waals surface area contributed by atoms with E-state index in [0.29, 0.717) is 12.3 Å². The van der Waals surface area contributed by atoms with Crippen LogP contribution in [-0.4, -0.2) is 38.8 Å². The highest BCUT2D eigenvalue weighted by Crippen LogP contribution is 2.25. The van der Waals surface area contributed by atoms with Gasteiger partial charge >= 0.3 is 0 Å². The van der Waals surface area contributed by atoms with Crippen molar-refractivity contribution in [1.82, 2.24) is 14.5 Å². The van der Waals surface area contributed by atoms with Crippen molar-refractivity contribution in [2.75, 3.05) is 23.3 Å². The summed E-state index contributed by atoms with van der Waals surface area (Å²) in [5, 5.41) is 13.4. The van der Waals surface area contributed by atoms with E-state index >= 15 is 0 Å². The van der Waals surface area contributed by atoms with Crippen molar-refractivity contribution in [2.24, 2.45) is 13.0 Å². The second-order valence-electron chi connectivity index (χ2n) is 10.4. The van der Waals surface area contributed by atoms with Crippen LogP contribution in [0, 0.1) is 5.92 Å². The Hall–Kier alpha value is -3.38. The summed E-state index contributed by atoms with van der Waals surface area (Å²) in [5.41, 5.74) is 7.11. The highest BCUT2D eigenvalue weighted by atomic mass is 16.3. The third-order valence-corrected chi connectivity index (χ3v) is 7.09. The lowest BCUT2D eigenvalue weighted by Crippen LogP contribution is -2.35. The SMILES string of the molecule is CC(C)Cc1ccccc1CNc1nc(Cc2ccc(N3CCC(O)CC3)cc2)nc2ccn(C)c12. The van der Waals surface area contributed by atoms with Gasteiger partial charge in [-0.15, -0.1) is 0 Å². The summed E-state index contributed by atoms with van der Waals surface area (Å²) in [7, 11) is 2.04. The number of benzene rings is 2. The maximum Gasteiger partial charge on any atom is 0.154 e. The molecule has 188 valence electrons. The number of aryl methyl sites for hydroxylation is 1. The number of nitrogens with one attached hydrogen (secondary N) is 1. The maximum absolute atomic E-state index is 9.78. The van der Waals surface area contributed by atoms with Gasteiger partial charge in [-0.2, -0.15) is 0 Å². The Morgan fingerprint density at radius 2 is 1.69 bits per heavy atom. The van der Waals surface area contributed by atoms with Crippen molar-refractivity contribution in [3.8, 4) is 0 Å². The summed E-state index contributed by atoms with van der Waals surface area (Å²) in [6, 6.07) is 19.4. The summed E-state index contributed by atoms with van der Waals surface area (Å²) in [6.45, 7) is 7.07. The van der Waals surface area contributed by atoms with E-state index in [0.717, 1.165) is 61.6 Å². The Kier molecular flexibility index (Phi) is 7.23. The van der Waals surface area contributed by atoms with Crippen LogP contribution >= 0.6 is 0 Å². The van der Waals surface area contributed by atoms with E-state index < -0.39 is 0 Å². The second-order valence-corrected chi connectivity index (χ2v) is 10.4. The topological polar surface area (TPSA) is 66.2 Å². The number of hydrogen-bond acceptors (Lipinski definition) is 5. The van der Waals surface area contributed by atoms with Crippen LogP contribution in [-0.2, 0) is 26.4 Å². The fraction of sp³-hybridized carbons (Fsp3) is 0.400. The van der Waals surface area contributed by atoms with Crippen molar-refractivity contribution >= 4 is 22.5 Å². The fourth-order valence-corrected chi connectivity index (χ4v) is 5.12. The Balaban J connectivity index is 1.35. The largest absolute Gasteiger partial charge is 0.393 e. The average Bonchev–Trinajstić information content (AvgIpc) is 3.24. The molecule has 36 heavy (non-hydrogen) atoms. The predicted molar refractivity (Wildman–Crippen MR) is 148 cm³/mol. The van der Waals surface area contributed by atoms with Crippen LogP contribution in [0.15, 0.2) is 60.8 Å². The molecular formula is C30H37N5O. The minimum atomic E-state index is -0.155. The molecule has 0 unspecified atom stereocenters. The van der Waals surface area contributed by atoms with E-state index in [4.69, 9.17) is 9.97 Å². The number of aliphatic hydroxyl groups is 1. The smallest absolute Gasteiger partial charge is 0.154 e. The van der Waals surface area contributed by atoms with Gasteiger partial charge in [0.1, 0.15) is 11.3 Å². The molecule has 1 aliphatic rings. The van der Waals surface area contributed by atoms with Gasteiger partial charge in [0.05, 0.1) is 11.6 Å². The standard InChI is InChI=1S/C30H37N5O/c1-21(2)18-23-6-4-5-7-24(23)20-31-30-29-27(14-15-34(29)3)32-28(33-30)19-22-8-10-25(11-9-22)35-16-12-26(36)13-17-35/h4-11,14-15,21,26,36H,12-13,16-20H2,1-3H3,(H,31,32,33). The number of aliphatic hydroxyl groups excluding tert-OH is 1. The molecule has 5 rings (SSSR count). The first-order valence-electron chi connectivity index (χ1n) is 13.1. The van der Waals surface area contributed by atoms with E-state index in [1.807, 2.05) is 13.2 Å². The molecule has 1 saturated heterocycles. The average molecular weight is 484 g/mol. The highest BCUT2D eigenvalue weighted by molar-refractivity contribution is 5.86. The minimum absolute atomic E-state index is 0.155. The molecule has 4 aromatic rings. The monoisotopic (exact) mass is 483 g/mol. The number of hydrogen-bond donors (Lipinski definition) is 2. The zero-order valence-electron chi connectivity index (χ0n) is 21.6. The number of piperidine rings is 1. The fourth-order valence-electron chi connectivity index (χ4n) is 5.12. The Labute approximate surface area is 214 Å². The van der Waals surface area contributed by atoms with Crippen LogP contribution in [0.4, 0.5) is 11.5 Å². The molecule has 2 aromatic heterocycles. The molecule has 0 atom stereocenters. The Bertz CT molecular complexity index is 1300.